The lowest BCUT2D eigenvalue weighted by molar-refractivity contribution is -0.135. The third-order valence-electron chi connectivity index (χ3n) is 0.639. The molecule has 0 amide bonds. The number of carbonyl (C=O) groups is 1. The van der Waals surface area contributed by atoms with E-state index in [4.69, 9.17) is 4.89 Å². The highest BCUT2D eigenvalue weighted by molar-refractivity contribution is 7.47. The van der Waals surface area contributed by atoms with Gasteiger partial charge in [0.15, 0.2) is 0 Å². The van der Waals surface area contributed by atoms with Crippen LogP contribution in [0.25, 0.3) is 0 Å². The van der Waals surface area contributed by atoms with E-state index in [9.17, 15) is 9.36 Å². The van der Waals surface area contributed by atoms with Crippen molar-refractivity contribution in [3.8, 4) is 0 Å². The molecule has 0 aromatic heterocycles. The molecular formula is C3H8NO5P. The van der Waals surface area contributed by atoms with Crippen LogP contribution in [0.15, 0.2) is 0 Å². The van der Waals surface area contributed by atoms with Crippen molar-refractivity contribution in [3.05, 3.63) is 0 Å². The molecule has 10 heavy (non-hydrogen) atoms. The highest BCUT2D eigenvalue weighted by atomic mass is 31.2. The number of carbonyl (C=O) groups excluding carboxylic acids is 1. The predicted molar refractivity (Wildman–Crippen MR) is 31.5 cm³/mol. The van der Waals surface area contributed by atoms with Crippen LogP contribution in [-0.2, 0) is 18.5 Å². The molecule has 0 fully saturated rings. The summed E-state index contributed by atoms with van der Waals surface area (Å²) in [6.45, 7) is 1.47. The summed E-state index contributed by atoms with van der Waals surface area (Å²) in [5.41, 5.74) is 0. The number of phosphoric acid groups is 1. The van der Waals surface area contributed by atoms with Gasteiger partial charge in [-0.05, 0) is 0 Å². The molecule has 0 saturated heterocycles. The molecule has 1 atom stereocenters. The zero-order valence-corrected chi connectivity index (χ0v) is 6.21. The van der Waals surface area contributed by atoms with Gasteiger partial charge in [0, 0.05) is 6.42 Å². The topological polar surface area (TPSA) is 98.9 Å². The summed E-state index contributed by atoms with van der Waals surface area (Å²) in [7, 11) is -4.32. The quantitative estimate of drug-likeness (QED) is 0.453. The van der Waals surface area contributed by atoms with Gasteiger partial charge in [-0.1, -0.05) is 6.92 Å². The largest absolute Gasteiger partial charge is 0.546 e. The molecular weight excluding hydrogens is 161 g/mol. The van der Waals surface area contributed by atoms with Crippen LogP contribution >= 0.6 is 7.82 Å². The minimum atomic E-state index is -4.32. The minimum Gasteiger partial charge on any atom is -0.370 e. The molecule has 0 spiro atoms. The normalized spacial score (nSPS) is 15.9. The zero-order chi connectivity index (χ0) is 8.20. The van der Waals surface area contributed by atoms with Gasteiger partial charge in [0.2, 0.25) is 0 Å². The van der Waals surface area contributed by atoms with Crippen LogP contribution in [-0.4, -0.2) is 10.9 Å². The molecule has 7 heteroatoms. The molecule has 0 aliphatic carbocycles. The molecule has 0 heterocycles. The van der Waals surface area contributed by atoms with E-state index in [2.05, 4.69) is 15.0 Å². The highest BCUT2D eigenvalue weighted by Gasteiger charge is 2.23. The molecule has 0 rings (SSSR count). The van der Waals surface area contributed by atoms with Gasteiger partial charge in [-0.3, -0.25) is 9.69 Å². The van der Waals surface area contributed by atoms with Crippen molar-refractivity contribution in [2.45, 2.75) is 13.3 Å². The Morgan fingerprint density at radius 2 is 2.30 bits per heavy atom. The van der Waals surface area contributed by atoms with Crippen molar-refractivity contribution in [1.82, 2.24) is 0 Å². The van der Waals surface area contributed by atoms with Crippen LogP contribution in [0.5, 0.6) is 0 Å². The number of phosphoric ester groups is 1. The number of hydrogen-bond donors (Lipinski definition) is 2. The maximum absolute atomic E-state index is 10.3. The smallest absolute Gasteiger partial charge is 0.370 e. The second-order valence-corrected chi connectivity index (χ2v) is 2.72. The van der Waals surface area contributed by atoms with Crippen molar-refractivity contribution < 1.29 is 23.4 Å². The first kappa shape index (κ1) is 9.58. The zero-order valence-electron chi connectivity index (χ0n) is 5.31. The van der Waals surface area contributed by atoms with Gasteiger partial charge in [0.1, 0.15) is 0 Å². The van der Waals surface area contributed by atoms with Crippen LogP contribution in [0, 0.1) is 0 Å². The average molecular weight is 169 g/mol. The lowest BCUT2D eigenvalue weighted by Crippen LogP contribution is -2.05. The van der Waals surface area contributed by atoms with E-state index >= 15 is 0 Å². The standard InChI is InChI=1S/C3H8NO5P/c1-2-3(5)8-10(6,7)9-4/h2,4H2,1H3,(H,6,7). The maximum atomic E-state index is 10.3. The van der Waals surface area contributed by atoms with Crippen molar-refractivity contribution in [3.63, 3.8) is 0 Å². The minimum absolute atomic E-state index is 0.00604. The Kier molecular flexibility index (Phi) is 3.52. The van der Waals surface area contributed by atoms with Gasteiger partial charge in [-0.15, -0.1) is 0 Å². The predicted octanol–water partition coefficient (Wildman–Crippen LogP) is -0.0697. The van der Waals surface area contributed by atoms with Crippen LogP contribution in [0.2, 0.25) is 0 Å². The molecule has 6 nitrogen and oxygen atoms in total. The average Bonchev–Trinajstić information content (AvgIpc) is 1.87. The monoisotopic (exact) mass is 169 g/mol. The Bertz CT molecular complexity index is 168. The van der Waals surface area contributed by atoms with E-state index in [-0.39, 0.29) is 6.42 Å². The molecule has 0 aromatic carbocycles. The Labute approximate surface area is 57.5 Å². The van der Waals surface area contributed by atoms with E-state index in [1.165, 1.54) is 6.92 Å². The molecule has 1 unspecified atom stereocenters. The van der Waals surface area contributed by atoms with Gasteiger partial charge in [-0.25, -0.2) is 10.5 Å². The fourth-order valence-corrected chi connectivity index (χ4v) is 0.644. The van der Waals surface area contributed by atoms with Crippen molar-refractivity contribution >= 4 is 13.8 Å². The first-order valence-corrected chi connectivity index (χ1v) is 3.95. The summed E-state index contributed by atoms with van der Waals surface area (Å²) >= 11 is 0. The van der Waals surface area contributed by atoms with Gasteiger partial charge in [-0.2, -0.15) is 4.62 Å². The Hall–Kier alpha value is -0.420. The van der Waals surface area contributed by atoms with Gasteiger partial charge >= 0.3 is 13.8 Å². The van der Waals surface area contributed by atoms with Crippen molar-refractivity contribution in [2.24, 2.45) is 5.90 Å². The van der Waals surface area contributed by atoms with Gasteiger partial charge in [0.25, 0.3) is 0 Å². The van der Waals surface area contributed by atoms with E-state index in [1.807, 2.05) is 0 Å². The van der Waals surface area contributed by atoms with Gasteiger partial charge in [0.05, 0.1) is 0 Å². The lowest BCUT2D eigenvalue weighted by Gasteiger charge is -2.05. The number of nitrogens with two attached hydrogens (primary N) is 1. The summed E-state index contributed by atoms with van der Waals surface area (Å²) < 4.78 is 17.7. The fourth-order valence-electron chi connectivity index (χ4n) is 0.215. The molecule has 0 aromatic rings. The van der Waals surface area contributed by atoms with Crippen LogP contribution in [0.4, 0.5) is 0 Å². The SMILES string of the molecule is CCC(=O)OP(=O)(O)ON. The number of rotatable bonds is 3. The third kappa shape index (κ3) is 3.58. The Morgan fingerprint density at radius 3 is 2.60 bits per heavy atom. The molecule has 0 aliphatic heterocycles. The molecule has 0 radical (unpaired) electrons. The van der Waals surface area contributed by atoms with Crippen LogP contribution < -0.4 is 5.90 Å². The van der Waals surface area contributed by atoms with Crippen LogP contribution in [0.3, 0.4) is 0 Å². The van der Waals surface area contributed by atoms with Gasteiger partial charge < -0.3 is 4.52 Å². The fraction of sp³-hybridized carbons (Fsp3) is 0.667. The summed E-state index contributed by atoms with van der Waals surface area (Å²) in [5, 5.41) is 0. The second kappa shape index (κ2) is 3.68. The molecule has 0 bridgehead atoms. The highest BCUT2D eigenvalue weighted by Crippen LogP contribution is 2.41. The van der Waals surface area contributed by atoms with E-state index in [0.717, 1.165) is 0 Å². The first-order valence-electron chi connectivity index (χ1n) is 2.45. The Morgan fingerprint density at radius 1 is 1.80 bits per heavy atom. The number of hydrogen-bond acceptors (Lipinski definition) is 5. The maximum Gasteiger partial charge on any atom is 0.546 e. The van der Waals surface area contributed by atoms with E-state index in [1.54, 1.807) is 0 Å². The van der Waals surface area contributed by atoms with Crippen LogP contribution in [0.1, 0.15) is 13.3 Å². The van der Waals surface area contributed by atoms with E-state index < -0.39 is 13.8 Å². The Balaban J connectivity index is 3.89. The summed E-state index contributed by atoms with van der Waals surface area (Å²) in [5.74, 6) is 3.48. The molecule has 0 saturated carbocycles. The van der Waals surface area contributed by atoms with E-state index in [0.29, 0.717) is 0 Å². The first-order chi connectivity index (χ1) is 4.52. The molecule has 3 N–H and O–H groups in total. The van der Waals surface area contributed by atoms with Crippen molar-refractivity contribution in [2.75, 3.05) is 0 Å². The summed E-state index contributed by atoms with van der Waals surface area (Å²) in [6.07, 6.45) is -0.00604. The second-order valence-electron chi connectivity index (χ2n) is 1.39. The summed E-state index contributed by atoms with van der Waals surface area (Å²) in [6, 6.07) is 0. The molecule has 0 aliphatic rings. The summed E-state index contributed by atoms with van der Waals surface area (Å²) in [4.78, 5) is 18.7. The third-order valence-corrected chi connectivity index (χ3v) is 1.34. The lowest BCUT2D eigenvalue weighted by atomic mass is 10.5. The van der Waals surface area contributed by atoms with Crippen molar-refractivity contribution in [1.29, 1.82) is 0 Å². The molecule has 60 valence electrons.